The van der Waals surface area contributed by atoms with Gasteiger partial charge in [0.1, 0.15) is 0 Å². The fourth-order valence-corrected chi connectivity index (χ4v) is 5.89. The van der Waals surface area contributed by atoms with Crippen LogP contribution in [0.4, 0.5) is 0 Å². The molecule has 4 rings (SSSR count). The van der Waals surface area contributed by atoms with Gasteiger partial charge in [-0.25, -0.2) is 0 Å². The first-order valence-corrected chi connectivity index (χ1v) is 10.9. The molecule has 1 aromatic rings. The van der Waals surface area contributed by atoms with Crippen molar-refractivity contribution in [3.8, 4) is 0 Å². The fraction of sp³-hybridized carbons (Fsp3) is 0.700. The van der Waals surface area contributed by atoms with Gasteiger partial charge in [-0.05, 0) is 61.8 Å². The van der Waals surface area contributed by atoms with Crippen LogP contribution >= 0.6 is 23.7 Å². The Morgan fingerprint density at radius 3 is 2.56 bits per heavy atom. The van der Waals surface area contributed by atoms with Gasteiger partial charge in [0.25, 0.3) is 0 Å². The van der Waals surface area contributed by atoms with Gasteiger partial charge in [0.15, 0.2) is 0 Å². The van der Waals surface area contributed by atoms with Crippen molar-refractivity contribution < 1.29 is 9.59 Å². The molecule has 0 radical (unpaired) electrons. The third-order valence-electron chi connectivity index (χ3n) is 6.69. The van der Waals surface area contributed by atoms with E-state index in [0.29, 0.717) is 31.5 Å². The summed E-state index contributed by atoms with van der Waals surface area (Å²) < 4.78 is 0. The second-order valence-corrected chi connectivity index (χ2v) is 9.19. The van der Waals surface area contributed by atoms with Crippen LogP contribution in [-0.2, 0) is 16.0 Å². The maximum atomic E-state index is 12.9. The van der Waals surface area contributed by atoms with E-state index in [0.717, 1.165) is 32.1 Å². The highest BCUT2D eigenvalue weighted by Crippen LogP contribution is 2.48. The predicted molar refractivity (Wildman–Crippen MR) is 110 cm³/mol. The van der Waals surface area contributed by atoms with E-state index in [1.807, 2.05) is 11.0 Å². The number of hydrogen-bond donors (Lipinski definition) is 2. The minimum atomic E-state index is 0. The van der Waals surface area contributed by atoms with E-state index >= 15 is 0 Å². The highest BCUT2D eigenvalue weighted by atomic mass is 35.5. The molecule has 2 amide bonds. The summed E-state index contributed by atoms with van der Waals surface area (Å²) in [4.78, 5) is 28.6. The number of carbonyl (C=O) groups is 2. The standard InChI is InChI=1S/C20H29N3O2S.ClH/c21-18-15-4-3-14(12-15)17(18)20(25)23-9-6-13(7-10-23)19(24)22-8-5-16-2-1-11-26-16;/h1-2,11,13-15,17-18H,3-10,12,21H2,(H,22,24);1H. The first-order chi connectivity index (χ1) is 12.6. The van der Waals surface area contributed by atoms with Crippen LogP contribution in [0.15, 0.2) is 17.5 Å². The molecule has 3 aliphatic rings. The van der Waals surface area contributed by atoms with Gasteiger partial charge >= 0.3 is 0 Å². The van der Waals surface area contributed by atoms with Gasteiger partial charge in [0.05, 0.1) is 5.92 Å². The second-order valence-electron chi connectivity index (χ2n) is 8.16. The first-order valence-electron chi connectivity index (χ1n) is 9.98. The minimum absolute atomic E-state index is 0. The summed E-state index contributed by atoms with van der Waals surface area (Å²) in [7, 11) is 0. The van der Waals surface area contributed by atoms with Crippen LogP contribution in [-0.4, -0.2) is 42.4 Å². The smallest absolute Gasteiger partial charge is 0.227 e. The summed E-state index contributed by atoms with van der Waals surface area (Å²) in [5.74, 6) is 1.52. The lowest BCUT2D eigenvalue weighted by Crippen LogP contribution is -2.50. The van der Waals surface area contributed by atoms with Crippen LogP contribution in [0, 0.1) is 23.7 Å². The third kappa shape index (κ3) is 4.33. The Bertz CT molecular complexity index is 644. The van der Waals surface area contributed by atoms with E-state index in [1.165, 1.54) is 11.3 Å². The van der Waals surface area contributed by atoms with E-state index in [4.69, 9.17) is 5.73 Å². The molecule has 2 bridgehead atoms. The highest BCUT2D eigenvalue weighted by Gasteiger charge is 2.50. The van der Waals surface area contributed by atoms with Crippen molar-refractivity contribution in [2.45, 2.75) is 44.6 Å². The molecule has 27 heavy (non-hydrogen) atoms. The molecular formula is C20H30ClN3O2S. The molecule has 1 aromatic heterocycles. The topological polar surface area (TPSA) is 75.4 Å². The number of piperidine rings is 1. The molecule has 7 heteroatoms. The number of likely N-dealkylation sites (tertiary alicyclic amines) is 1. The summed E-state index contributed by atoms with van der Waals surface area (Å²) in [5, 5.41) is 5.12. The van der Waals surface area contributed by atoms with Gasteiger partial charge in [0.2, 0.25) is 11.8 Å². The van der Waals surface area contributed by atoms with Crippen molar-refractivity contribution in [1.29, 1.82) is 0 Å². The van der Waals surface area contributed by atoms with Gasteiger partial charge in [-0.3, -0.25) is 9.59 Å². The Morgan fingerprint density at radius 1 is 1.19 bits per heavy atom. The van der Waals surface area contributed by atoms with Gasteiger partial charge < -0.3 is 16.0 Å². The third-order valence-corrected chi connectivity index (χ3v) is 7.63. The van der Waals surface area contributed by atoms with Crippen molar-refractivity contribution in [2.24, 2.45) is 29.4 Å². The zero-order valence-corrected chi connectivity index (χ0v) is 17.3. The van der Waals surface area contributed by atoms with E-state index in [1.54, 1.807) is 11.3 Å². The molecule has 2 heterocycles. The number of halogens is 1. The Hall–Kier alpha value is -1.11. The number of nitrogens with zero attached hydrogens (tertiary/aromatic N) is 1. The molecule has 4 unspecified atom stereocenters. The molecule has 1 saturated heterocycles. The molecule has 3 N–H and O–H groups in total. The average Bonchev–Trinajstić information content (AvgIpc) is 3.39. The average molecular weight is 412 g/mol. The summed E-state index contributed by atoms with van der Waals surface area (Å²) in [6.45, 7) is 2.09. The van der Waals surface area contributed by atoms with E-state index in [-0.39, 0.29) is 42.1 Å². The number of hydrogen-bond acceptors (Lipinski definition) is 4. The van der Waals surface area contributed by atoms with Crippen molar-refractivity contribution in [1.82, 2.24) is 10.2 Å². The van der Waals surface area contributed by atoms with E-state index < -0.39 is 0 Å². The largest absolute Gasteiger partial charge is 0.355 e. The fourth-order valence-electron chi connectivity index (χ4n) is 5.18. The molecule has 2 saturated carbocycles. The SMILES string of the molecule is Cl.NC1C2CCC(C2)C1C(=O)N1CCC(C(=O)NCCc2cccs2)CC1. The lowest BCUT2D eigenvalue weighted by Gasteiger charge is -2.36. The molecule has 0 spiro atoms. The number of rotatable bonds is 5. The lowest BCUT2D eigenvalue weighted by atomic mass is 9.83. The number of fused-ring (bicyclic) bond motifs is 2. The van der Waals surface area contributed by atoms with Crippen LogP contribution < -0.4 is 11.1 Å². The van der Waals surface area contributed by atoms with E-state index in [2.05, 4.69) is 16.8 Å². The van der Waals surface area contributed by atoms with Crippen LogP contribution in [0.1, 0.15) is 37.0 Å². The molecule has 150 valence electrons. The van der Waals surface area contributed by atoms with Gasteiger partial charge in [-0.2, -0.15) is 0 Å². The molecular weight excluding hydrogens is 382 g/mol. The lowest BCUT2D eigenvalue weighted by molar-refractivity contribution is -0.141. The van der Waals surface area contributed by atoms with Gasteiger partial charge in [0, 0.05) is 36.5 Å². The Labute approximate surface area is 171 Å². The molecule has 3 fully saturated rings. The highest BCUT2D eigenvalue weighted by molar-refractivity contribution is 7.09. The quantitative estimate of drug-likeness (QED) is 0.781. The summed E-state index contributed by atoms with van der Waals surface area (Å²) in [6.07, 6.45) is 5.93. The van der Waals surface area contributed by atoms with E-state index in [9.17, 15) is 9.59 Å². The molecule has 1 aliphatic heterocycles. The zero-order valence-electron chi connectivity index (χ0n) is 15.6. The van der Waals surface area contributed by atoms with Gasteiger partial charge in [-0.15, -0.1) is 23.7 Å². The molecule has 5 nitrogen and oxygen atoms in total. The molecule has 2 aliphatic carbocycles. The predicted octanol–water partition coefficient (Wildman–Crippen LogP) is 2.44. The summed E-state index contributed by atoms with van der Waals surface area (Å²) in [6, 6.07) is 4.19. The maximum Gasteiger partial charge on any atom is 0.227 e. The minimum Gasteiger partial charge on any atom is -0.355 e. The van der Waals surface area contributed by atoms with Crippen LogP contribution in [0.5, 0.6) is 0 Å². The second kappa shape index (κ2) is 8.93. The summed E-state index contributed by atoms with van der Waals surface area (Å²) in [5.41, 5.74) is 6.33. The van der Waals surface area contributed by atoms with Crippen LogP contribution in [0.3, 0.4) is 0 Å². The van der Waals surface area contributed by atoms with Gasteiger partial charge in [-0.1, -0.05) is 6.07 Å². The number of carbonyl (C=O) groups excluding carboxylic acids is 2. The normalized spacial score (nSPS) is 30.2. The first kappa shape index (κ1) is 20.6. The number of amides is 2. The molecule has 4 atom stereocenters. The monoisotopic (exact) mass is 411 g/mol. The molecule has 0 aromatic carbocycles. The van der Waals surface area contributed by atoms with Crippen LogP contribution in [0.2, 0.25) is 0 Å². The number of nitrogens with two attached hydrogens (primary N) is 1. The van der Waals surface area contributed by atoms with Crippen molar-refractivity contribution in [2.75, 3.05) is 19.6 Å². The van der Waals surface area contributed by atoms with Crippen molar-refractivity contribution >= 4 is 35.6 Å². The van der Waals surface area contributed by atoms with Crippen molar-refractivity contribution in [3.05, 3.63) is 22.4 Å². The van der Waals surface area contributed by atoms with Crippen LogP contribution in [0.25, 0.3) is 0 Å². The Morgan fingerprint density at radius 2 is 1.93 bits per heavy atom. The Kier molecular flexibility index (Phi) is 6.82. The summed E-state index contributed by atoms with van der Waals surface area (Å²) >= 11 is 1.73. The number of thiophene rings is 1. The number of nitrogens with one attached hydrogen (secondary N) is 1. The maximum absolute atomic E-state index is 12.9. The Balaban J connectivity index is 0.00000210. The van der Waals surface area contributed by atoms with Crippen molar-refractivity contribution in [3.63, 3.8) is 0 Å². The zero-order chi connectivity index (χ0) is 18.1.